The molecule has 1 saturated heterocycles. The van der Waals surface area contributed by atoms with Crippen molar-refractivity contribution in [2.75, 3.05) is 13.1 Å². The highest BCUT2D eigenvalue weighted by Crippen LogP contribution is 2.24. The van der Waals surface area contributed by atoms with Gasteiger partial charge in [-0.2, -0.15) is 0 Å². The van der Waals surface area contributed by atoms with E-state index in [1.165, 1.54) is 0 Å². The van der Waals surface area contributed by atoms with Crippen LogP contribution >= 0.6 is 0 Å². The van der Waals surface area contributed by atoms with Crippen molar-refractivity contribution in [2.45, 2.75) is 26.7 Å². The van der Waals surface area contributed by atoms with Gasteiger partial charge in [0.25, 0.3) is 0 Å². The van der Waals surface area contributed by atoms with E-state index in [9.17, 15) is 4.79 Å². The van der Waals surface area contributed by atoms with Crippen LogP contribution in [0.2, 0.25) is 0 Å². The third kappa shape index (κ3) is 3.09. The fourth-order valence-electron chi connectivity index (χ4n) is 2.44. The number of benzene rings is 1. The van der Waals surface area contributed by atoms with Crippen LogP contribution < -0.4 is 0 Å². The van der Waals surface area contributed by atoms with Crippen molar-refractivity contribution in [1.29, 1.82) is 0 Å². The van der Waals surface area contributed by atoms with Crippen LogP contribution in [0, 0.1) is 11.8 Å². The lowest BCUT2D eigenvalue weighted by atomic mass is 9.95. The van der Waals surface area contributed by atoms with Gasteiger partial charge in [-0.3, -0.25) is 4.79 Å². The highest BCUT2D eigenvalue weighted by molar-refractivity contribution is 5.79. The molecule has 0 unspecified atom stereocenters. The molecule has 1 amide bonds. The lowest BCUT2D eigenvalue weighted by Gasteiger charge is -2.18. The van der Waals surface area contributed by atoms with Crippen molar-refractivity contribution in [1.82, 2.24) is 4.90 Å². The summed E-state index contributed by atoms with van der Waals surface area (Å²) in [7, 11) is 0. The molecule has 1 aliphatic rings. The molecular weight excluding hydrogens is 210 g/mol. The summed E-state index contributed by atoms with van der Waals surface area (Å²) in [6.45, 7) is 6.38. The summed E-state index contributed by atoms with van der Waals surface area (Å²) in [5.41, 5.74) is 1.12. The molecule has 92 valence electrons. The van der Waals surface area contributed by atoms with Crippen LogP contribution in [0.3, 0.4) is 0 Å². The fraction of sp³-hybridized carbons (Fsp3) is 0.533. The van der Waals surface area contributed by atoms with Crippen molar-refractivity contribution in [3.63, 3.8) is 0 Å². The molecule has 1 aromatic rings. The van der Waals surface area contributed by atoms with Gasteiger partial charge in [-0.15, -0.1) is 0 Å². The van der Waals surface area contributed by atoms with E-state index in [1.54, 1.807) is 0 Å². The van der Waals surface area contributed by atoms with E-state index in [1.807, 2.05) is 35.2 Å². The second-order valence-corrected chi connectivity index (χ2v) is 5.29. The van der Waals surface area contributed by atoms with Crippen LogP contribution in [-0.4, -0.2) is 23.9 Å². The van der Waals surface area contributed by atoms with E-state index in [2.05, 4.69) is 13.8 Å². The number of hydrogen-bond donors (Lipinski definition) is 0. The summed E-state index contributed by atoms with van der Waals surface area (Å²) in [5.74, 6) is 1.65. The Bertz CT molecular complexity index is 372. The summed E-state index contributed by atoms with van der Waals surface area (Å²) < 4.78 is 0. The van der Waals surface area contributed by atoms with Gasteiger partial charge in [0.2, 0.25) is 5.91 Å². The summed E-state index contributed by atoms with van der Waals surface area (Å²) in [6.07, 6.45) is 1.71. The zero-order valence-corrected chi connectivity index (χ0v) is 10.7. The average molecular weight is 231 g/mol. The van der Waals surface area contributed by atoms with E-state index >= 15 is 0 Å². The maximum Gasteiger partial charge on any atom is 0.226 e. The van der Waals surface area contributed by atoms with E-state index in [0.717, 1.165) is 25.1 Å². The number of likely N-dealkylation sites (tertiary alicyclic amines) is 1. The maximum atomic E-state index is 12.1. The zero-order valence-electron chi connectivity index (χ0n) is 10.7. The predicted molar refractivity (Wildman–Crippen MR) is 69.7 cm³/mol. The molecule has 0 saturated carbocycles. The number of rotatable bonds is 3. The van der Waals surface area contributed by atoms with Crippen LogP contribution in [-0.2, 0) is 11.2 Å². The largest absolute Gasteiger partial charge is 0.342 e. The minimum absolute atomic E-state index is 0.277. The average Bonchev–Trinajstić information content (AvgIpc) is 2.79. The predicted octanol–water partition coefficient (Wildman–Crippen LogP) is 2.73. The van der Waals surface area contributed by atoms with Crippen LogP contribution in [0.1, 0.15) is 25.8 Å². The van der Waals surface area contributed by atoms with Gasteiger partial charge in [-0.1, -0.05) is 44.2 Å². The highest BCUT2D eigenvalue weighted by atomic mass is 16.2. The molecule has 1 aromatic carbocycles. The number of carbonyl (C=O) groups excluding carboxylic acids is 1. The molecule has 0 spiro atoms. The van der Waals surface area contributed by atoms with Gasteiger partial charge in [-0.25, -0.2) is 0 Å². The Hall–Kier alpha value is -1.31. The molecule has 1 aliphatic heterocycles. The molecular formula is C15H21NO. The Morgan fingerprint density at radius 2 is 2.06 bits per heavy atom. The summed E-state index contributed by atoms with van der Waals surface area (Å²) >= 11 is 0. The molecule has 0 radical (unpaired) electrons. The molecule has 17 heavy (non-hydrogen) atoms. The van der Waals surface area contributed by atoms with Gasteiger partial charge < -0.3 is 4.90 Å². The Labute approximate surface area is 104 Å². The molecule has 2 rings (SSSR count). The van der Waals surface area contributed by atoms with Crippen molar-refractivity contribution < 1.29 is 4.79 Å². The molecule has 0 aromatic heterocycles. The van der Waals surface area contributed by atoms with E-state index in [-0.39, 0.29) is 5.91 Å². The Balaban J connectivity index is 1.90. The SMILES string of the molecule is CC(C)[C@@H]1CCN(C(=O)Cc2ccccc2)C1. The number of hydrogen-bond acceptors (Lipinski definition) is 1. The van der Waals surface area contributed by atoms with Gasteiger partial charge in [0, 0.05) is 13.1 Å². The van der Waals surface area contributed by atoms with Gasteiger partial charge in [0.05, 0.1) is 6.42 Å². The molecule has 0 bridgehead atoms. The molecule has 0 N–H and O–H groups in total. The smallest absolute Gasteiger partial charge is 0.226 e. The molecule has 2 heteroatoms. The fourth-order valence-corrected chi connectivity index (χ4v) is 2.44. The van der Waals surface area contributed by atoms with Crippen molar-refractivity contribution in [3.05, 3.63) is 35.9 Å². The first-order valence-corrected chi connectivity index (χ1v) is 6.48. The molecule has 1 atom stereocenters. The second kappa shape index (κ2) is 5.35. The Morgan fingerprint density at radius 3 is 2.65 bits per heavy atom. The van der Waals surface area contributed by atoms with Gasteiger partial charge in [-0.05, 0) is 23.8 Å². The lowest BCUT2D eigenvalue weighted by molar-refractivity contribution is -0.129. The van der Waals surface area contributed by atoms with E-state index in [4.69, 9.17) is 0 Å². The van der Waals surface area contributed by atoms with Gasteiger partial charge in [0.1, 0.15) is 0 Å². The second-order valence-electron chi connectivity index (χ2n) is 5.29. The molecule has 1 fully saturated rings. The van der Waals surface area contributed by atoms with Crippen molar-refractivity contribution in [2.24, 2.45) is 11.8 Å². The number of carbonyl (C=O) groups is 1. The minimum Gasteiger partial charge on any atom is -0.342 e. The summed E-state index contributed by atoms with van der Waals surface area (Å²) in [5, 5.41) is 0. The normalized spacial score (nSPS) is 19.9. The van der Waals surface area contributed by atoms with Crippen LogP contribution in [0.5, 0.6) is 0 Å². The van der Waals surface area contributed by atoms with E-state index in [0.29, 0.717) is 18.3 Å². The summed E-state index contributed by atoms with van der Waals surface area (Å²) in [6, 6.07) is 10.0. The third-order valence-corrected chi connectivity index (χ3v) is 3.72. The molecule has 0 aliphatic carbocycles. The van der Waals surface area contributed by atoms with Crippen molar-refractivity contribution in [3.8, 4) is 0 Å². The lowest BCUT2D eigenvalue weighted by Crippen LogP contribution is -2.30. The topological polar surface area (TPSA) is 20.3 Å². The molecule has 2 nitrogen and oxygen atoms in total. The van der Waals surface area contributed by atoms with Gasteiger partial charge in [0.15, 0.2) is 0 Å². The third-order valence-electron chi connectivity index (χ3n) is 3.72. The Kier molecular flexibility index (Phi) is 3.82. The highest BCUT2D eigenvalue weighted by Gasteiger charge is 2.27. The minimum atomic E-state index is 0.277. The standard InChI is InChI=1S/C15H21NO/c1-12(2)14-8-9-16(11-14)15(17)10-13-6-4-3-5-7-13/h3-7,12,14H,8-11H2,1-2H3/t14-/m1/s1. The first-order chi connectivity index (χ1) is 8.16. The first kappa shape index (κ1) is 12.2. The monoisotopic (exact) mass is 231 g/mol. The van der Waals surface area contributed by atoms with E-state index < -0.39 is 0 Å². The van der Waals surface area contributed by atoms with Gasteiger partial charge >= 0.3 is 0 Å². The van der Waals surface area contributed by atoms with Crippen LogP contribution in [0.25, 0.3) is 0 Å². The Morgan fingerprint density at radius 1 is 1.35 bits per heavy atom. The number of amides is 1. The van der Waals surface area contributed by atoms with Crippen LogP contribution in [0.15, 0.2) is 30.3 Å². The zero-order chi connectivity index (χ0) is 12.3. The first-order valence-electron chi connectivity index (χ1n) is 6.48. The molecule has 1 heterocycles. The maximum absolute atomic E-state index is 12.1. The van der Waals surface area contributed by atoms with Crippen molar-refractivity contribution >= 4 is 5.91 Å². The quantitative estimate of drug-likeness (QED) is 0.783. The van der Waals surface area contributed by atoms with Crippen LogP contribution in [0.4, 0.5) is 0 Å². The summed E-state index contributed by atoms with van der Waals surface area (Å²) in [4.78, 5) is 14.1. The number of nitrogens with zero attached hydrogens (tertiary/aromatic N) is 1.